The van der Waals surface area contributed by atoms with Gasteiger partial charge in [0.15, 0.2) is 0 Å². The number of pyridine rings is 1. The van der Waals surface area contributed by atoms with E-state index in [0.29, 0.717) is 18.2 Å². The number of aromatic nitrogens is 3. The highest BCUT2D eigenvalue weighted by atomic mass is 79.9. The third-order valence-corrected chi connectivity index (χ3v) is 5.50. The molecule has 1 fully saturated rings. The van der Waals surface area contributed by atoms with E-state index in [1.54, 1.807) is 24.5 Å². The van der Waals surface area contributed by atoms with Crippen LogP contribution in [0.2, 0.25) is 0 Å². The molecule has 5 nitrogen and oxygen atoms in total. The van der Waals surface area contributed by atoms with Gasteiger partial charge in [-0.25, -0.2) is 0 Å². The van der Waals surface area contributed by atoms with E-state index in [0.717, 1.165) is 34.3 Å². The smallest absolute Gasteiger partial charge is 0.251 e. The lowest BCUT2D eigenvalue weighted by molar-refractivity contribution is 0.0950. The Morgan fingerprint density at radius 1 is 1.11 bits per heavy atom. The van der Waals surface area contributed by atoms with Gasteiger partial charge in [0.05, 0.1) is 24.0 Å². The molecule has 6 heteroatoms. The van der Waals surface area contributed by atoms with Crippen LogP contribution in [0.4, 0.5) is 0 Å². The number of nitrogens with one attached hydrogen (secondary N) is 1. The number of rotatable bonds is 5. The Morgan fingerprint density at radius 3 is 2.52 bits per heavy atom. The summed E-state index contributed by atoms with van der Waals surface area (Å²) in [5.41, 5.74) is 3.72. The first kappa shape index (κ1) is 17.9. The fourth-order valence-corrected chi connectivity index (χ4v) is 3.84. The molecule has 1 saturated carbocycles. The van der Waals surface area contributed by atoms with Crippen LogP contribution in [-0.4, -0.2) is 20.7 Å². The van der Waals surface area contributed by atoms with Gasteiger partial charge in [0.1, 0.15) is 0 Å². The SMILES string of the molecule is O=C(NCc1cc(-c2ccncc2)n(C2CCCC2)n1)c1ccc(Br)cc1. The lowest BCUT2D eigenvalue weighted by atomic mass is 10.1. The van der Waals surface area contributed by atoms with Crippen LogP contribution in [-0.2, 0) is 6.54 Å². The first-order valence-corrected chi connectivity index (χ1v) is 10.0. The molecule has 1 aliphatic carbocycles. The van der Waals surface area contributed by atoms with Gasteiger partial charge in [-0.05, 0) is 55.3 Å². The first-order chi connectivity index (χ1) is 13.2. The number of amides is 1. The summed E-state index contributed by atoms with van der Waals surface area (Å²) < 4.78 is 3.10. The van der Waals surface area contributed by atoms with Crippen LogP contribution < -0.4 is 5.32 Å². The highest BCUT2D eigenvalue weighted by Gasteiger charge is 2.22. The van der Waals surface area contributed by atoms with Crippen LogP contribution in [0.25, 0.3) is 11.3 Å². The van der Waals surface area contributed by atoms with Gasteiger partial charge in [0.25, 0.3) is 5.91 Å². The lowest BCUT2D eigenvalue weighted by Gasteiger charge is -2.14. The summed E-state index contributed by atoms with van der Waals surface area (Å²) in [6.45, 7) is 0.409. The van der Waals surface area contributed by atoms with Crippen molar-refractivity contribution in [2.24, 2.45) is 0 Å². The third-order valence-electron chi connectivity index (χ3n) is 4.97. The number of halogens is 1. The zero-order valence-electron chi connectivity index (χ0n) is 14.9. The maximum Gasteiger partial charge on any atom is 0.251 e. The van der Waals surface area contributed by atoms with Crippen LogP contribution in [0.3, 0.4) is 0 Å². The third kappa shape index (κ3) is 4.11. The van der Waals surface area contributed by atoms with Crippen LogP contribution >= 0.6 is 15.9 Å². The van der Waals surface area contributed by atoms with E-state index in [1.807, 2.05) is 24.3 Å². The summed E-state index contributed by atoms with van der Waals surface area (Å²) in [6.07, 6.45) is 8.41. The van der Waals surface area contributed by atoms with Crippen LogP contribution in [0.15, 0.2) is 59.3 Å². The second-order valence-electron chi connectivity index (χ2n) is 6.83. The van der Waals surface area contributed by atoms with Gasteiger partial charge in [-0.1, -0.05) is 28.8 Å². The molecule has 1 amide bonds. The molecule has 4 rings (SSSR count). The largest absolute Gasteiger partial charge is 0.346 e. The number of hydrogen-bond donors (Lipinski definition) is 1. The summed E-state index contributed by atoms with van der Waals surface area (Å²) in [5, 5.41) is 7.80. The molecule has 138 valence electrons. The molecule has 0 atom stereocenters. The molecular formula is C21H21BrN4O. The van der Waals surface area contributed by atoms with Crippen LogP contribution in [0.1, 0.15) is 47.8 Å². The summed E-state index contributed by atoms with van der Waals surface area (Å²) in [6, 6.07) is 13.9. The fourth-order valence-electron chi connectivity index (χ4n) is 3.57. The molecule has 0 bridgehead atoms. The molecule has 1 aliphatic rings. The zero-order valence-corrected chi connectivity index (χ0v) is 16.5. The first-order valence-electron chi connectivity index (χ1n) is 9.23. The summed E-state index contributed by atoms with van der Waals surface area (Å²) >= 11 is 3.39. The molecule has 2 heterocycles. The fraction of sp³-hybridized carbons (Fsp3) is 0.286. The maximum atomic E-state index is 12.4. The van der Waals surface area contributed by atoms with Crippen molar-refractivity contribution in [3.8, 4) is 11.3 Å². The van der Waals surface area contributed by atoms with Crippen molar-refractivity contribution >= 4 is 21.8 Å². The van der Waals surface area contributed by atoms with Crippen LogP contribution in [0.5, 0.6) is 0 Å². The van der Waals surface area contributed by atoms with E-state index in [9.17, 15) is 4.79 Å². The molecule has 2 aromatic heterocycles. The number of carbonyl (C=O) groups excluding carboxylic acids is 1. The Bertz CT molecular complexity index is 915. The second-order valence-corrected chi connectivity index (χ2v) is 7.74. The number of benzene rings is 1. The van der Waals surface area contributed by atoms with Gasteiger partial charge in [-0.2, -0.15) is 5.10 Å². The van der Waals surface area contributed by atoms with E-state index < -0.39 is 0 Å². The topological polar surface area (TPSA) is 59.8 Å². The quantitative estimate of drug-likeness (QED) is 0.642. The van der Waals surface area contributed by atoms with Crippen molar-refractivity contribution in [2.45, 2.75) is 38.3 Å². The van der Waals surface area contributed by atoms with Crippen molar-refractivity contribution in [1.82, 2.24) is 20.1 Å². The summed E-state index contributed by atoms with van der Waals surface area (Å²) in [7, 11) is 0. The zero-order chi connectivity index (χ0) is 18.6. The number of hydrogen-bond acceptors (Lipinski definition) is 3. The second kappa shape index (κ2) is 8.05. The number of carbonyl (C=O) groups is 1. The average Bonchev–Trinajstić information content (AvgIpc) is 3.37. The highest BCUT2D eigenvalue weighted by molar-refractivity contribution is 9.10. The molecule has 0 unspecified atom stereocenters. The Labute approximate surface area is 167 Å². The van der Waals surface area contributed by atoms with Gasteiger partial charge in [-0.15, -0.1) is 0 Å². The molecular weight excluding hydrogens is 404 g/mol. The van der Waals surface area contributed by atoms with Gasteiger partial charge < -0.3 is 5.32 Å². The Kier molecular flexibility index (Phi) is 5.34. The normalized spacial score (nSPS) is 14.4. The van der Waals surface area contributed by atoms with Gasteiger partial charge >= 0.3 is 0 Å². The molecule has 3 aromatic rings. The van der Waals surface area contributed by atoms with Crippen molar-refractivity contribution in [3.63, 3.8) is 0 Å². The van der Waals surface area contributed by atoms with E-state index in [2.05, 4.69) is 37.0 Å². The van der Waals surface area contributed by atoms with Crippen molar-refractivity contribution in [1.29, 1.82) is 0 Å². The van der Waals surface area contributed by atoms with E-state index in [4.69, 9.17) is 5.10 Å². The van der Waals surface area contributed by atoms with Crippen molar-refractivity contribution in [2.75, 3.05) is 0 Å². The molecule has 1 N–H and O–H groups in total. The predicted octanol–water partition coefficient (Wildman–Crippen LogP) is 4.75. The molecule has 0 spiro atoms. The maximum absolute atomic E-state index is 12.4. The number of nitrogens with zero attached hydrogens (tertiary/aromatic N) is 3. The average molecular weight is 425 g/mol. The van der Waals surface area contributed by atoms with E-state index >= 15 is 0 Å². The van der Waals surface area contributed by atoms with Crippen LogP contribution in [0, 0.1) is 0 Å². The minimum absolute atomic E-state index is 0.0941. The van der Waals surface area contributed by atoms with Gasteiger partial charge in [0, 0.05) is 28.0 Å². The monoisotopic (exact) mass is 424 g/mol. The Hall–Kier alpha value is -2.47. The standard InChI is InChI=1S/C21H21BrN4O/c22-17-7-5-16(6-8-17)21(27)24-14-18-13-20(15-9-11-23-12-10-15)26(25-18)19-3-1-2-4-19/h5-13,19H,1-4,14H2,(H,24,27). The van der Waals surface area contributed by atoms with E-state index in [1.165, 1.54) is 12.8 Å². The predicted molar refractivity (Wildman–Crippen MR) is 108 cm³/mol. The van der Waals surface area contributed by atoms with Gasteiger partial charge in [0.2, 0.25) is 0 Å². The summed E-state index contributed by atoms with van der Waals surface area (Å²) in [5.74, 6) is -0.0941. The molecule has 0 saturated heterocycles. The lowest BCUT2D eigenvalue weighted by Crippen LogP contribution is -2.23. The van der Waals surface area contributed by atoms with Crippen molar-refractivity contribution < 1.29 is 4.79 Å². The molecule has 0 aliphatic heterocycles. The Morgan fingerprint density at radius 2 is 1.81 bits per heavy atom. The Balaban J connectivity index is 1.54. The minimum Gasteiger partial charge on any atom is -0.346 e. The van der Waals surface area contributed by atoms with E-state index in [-0.39, 0.29) is 5.91 Å². The molecule has 1 aromatic carbocycles. The summed E-state index contributed by atoms with van der Waals surface area (Å²) in [4.78, 5) is 16.5. The highest BCUT2D eigenvalue weighted by Crippen LogP contribution is 2.33. The van der Waals surface area contributed by atoms with Gasteiger partial charge in [-0.3, -0.25) is 14.5 Å². The molecule has 0 radical (unpaired) electrons. The molecule has 27 heavy (non-hydrogen) atoms. The van der Waals surface area contributed by atoms with Crippen molar-refractivity contribution in [3.05, 3.63) is 70.6 Å². The minimum atomic E-state index is -0.0941.